The van der Waals surface area contributed by atoms with Crippen molar-refractivity contribution in [1.82, 2.24) is 0 Å². The normalized spacial score (nSPS) is 10.4. The SMILES string of the molecule is Nc1ccc(C(=O)Nc2cc(-c3cccs3)ccc2N)cc1. The molecule has 0 unspecified atom stereocenters. The molecule has 0 saturated carbocycles. The van der Waals surface area contributed by atoms with Gasteiger partial charge in [0.05, 0.1) is 11.4 Å². The zero-order chi connectivity index (χ0) is 15.5. The summed E-state index contributed by atoms with van der Waals surface area (Å²) in [4.78, 5) is 13.4. The Morgan fingerprint density at radius 2 is 1.77 bits per heavy atom. The van der Waals surface area contributed by atoms with E-state index in [0.717, 1.165) is 10.4 Å². The second-order valence-corrected chi connectivity index (χ2v) is 5.80. The average Bonchev–Trinajstić information content (AvgIpc) is 3.04. The molecule has 5 heteroatoms. The Morgan fingerprint density at radius 3 is 2.45 bits per heavy atom. The zero-order valence-electron chi connectivity index (χ0n) is 11.7. The highest BCUT2D eigenvalue weighted by Gasteiger charge is 2.09. The molecule has 0 aliphatic carbocycles. The number of nitrogen functional groups attached to an aromatic ring is 2. The summed E-state index contributed by atoms with van der Waals surface area (Å²) in [5, 5.41) is 4.86. The topological polar surface area (TPSA) is 81.1 Å². The van der Waals surface area contributed by atoms with Crippen molar-refractivity contribution >= 4 is 34.3 Å². The van der Waals surface area contributed by atoms with Crippen LogP contribution in [0.2, 0.25) is 0 Å². The second-order valence-electron chi connectivity index (χ2n) is 4.86. The molecule has 1 heterocycles. The molecule has 22 heavy (non-hydrogen) atoms. The van der Waals surface area contributed by atoms with E-state index >= 15 is 0 Å². The molecule has 110 valence electrons. The summed E-state index contributed by atoms with van der Waals surface area (Å²) < 4.78 is 0. The second kappa shape index (κ2) is 5.91. The predicted molar refractivity (Wildman–Crippen MR) is 93.0 cm³/mol. The first-order valence-corrected chi connectivity index (χ1v) is 7.62. The lowest BCUT2D eigenvalue weighted by atomic mass is 10.1. The number of anilines is 3. The van der Waals surface area contributed by atoms with E-state index in [1.54, 1.807) is 41.7 Å². The van der Waals surface area contributed by atoms with Gasteiger partial charge in [-0.05, 0) is 53.4 Å². The van der Waals surface area contributed by atoms with Gasteiger partial charge >= 0.3 is 0 Å². The molecule has 0 aliphatic heterocycles. The van der Waals surface area contributed by atoms with Crippen molar-refractivity contribution in [3.8, 4) is 10.4 Å². The molecule has 0 fully saturated rings. The Balaban J connectivity index is 1.87. The van der Waals surface area contributed by atoms with Crippen LogP contribution in [-0.2, 0) is 0 Å². The first-order chi connectivity index (χ1) is 10.6. The predicted octanol–water partition coefficient (Wildman–Crippen LogP) is 3.83. The molecule has 3 rings (SSSR count). The maximum absolute atomic E-state index is 12.3. The number of carbonyl (C=O) groups excluding carboxylic acids is 1. The molecule has 4 nitrogen and oxygen atoms in total. The highest BCUT2D eigenvalue weighted by Crippen LogP contribution is 2.30. The summed E-state index contributed by atoms with van der Waals surface area (Å²) >= 11 is 1.64. The number of hydrogen-bond donors (Lipinski definition) is 3. The first-order valence-electron chi connectivity index (χ1n) is 6.74. The fraction of sp³-hybridized carbons (Fsp3) is 0. The summed E-state index contributed by atoms with van der Waals surface area (Å²) in [5.41, 5.74) is 14.9. The van der Waals surface area contributed by atoms with Gasteiger partial charge in [0, 0.05) is 16.1 Å². The minimum absolute atomic E-state index is 0.213. The summed E-state index contributed by atoms with van der Waals surface area (Å²) in [7, 11) is 0. The maximum atomic E-state index is 12.3. The average molecular weight is 309 g/mol. The van der Waals surface area contributed by atoms with Gasteiger partial charge in [-0.15, -0.1) is 11.3 Å². The number of nitrogens with two attached hydrogens (primary N) is 2. The van der Waals surface area contributed by atoms with Gasteiger partial charge in [-0.3, -0.25) is 4.79 Å². The van der Waals surface area contributed by atoms with Crippen LogP contribution in [0.3, 0.4) is 0 Å². The van der Waals surface area contributed by atoms with Crippen LogP contribution < -0.4 is 16.8 Å². The van der Waals surface area contributed by atoms with Crippen LogP contribution in [0.15, 0.2) is 60.0 Å². The van der Waals surface area contributed by atoms with Crippen molar-refractivity contribution in [3.63, 3.8) is 0 Å². The molecule has 1 amide bonds. The van der Waals surface area contributed by atoms with Gasteiger partial charge < -0.3 is 16.8 Å². The molecule has 5 N–H and O–H groups in total. The minimum atomic E-state index is -0.213. The lowest BCUT2D eigenvalue weighted by Crippen LogP contribution is -2.13. The number of carbonyl (C=O) groups is 1. The van der Waals surface area contributed by atoms with Crippen molar-refractivity contribution < 1.29 is 4.79 Å². The molecule has 1 aromatic heterocycles. The smallest absolute Gasteiger partial charge is 0.255 e. The minimum Gasteiger partial charge on any atom is -0.399 e. The summed E-state index contributed by atoms with van der Waals surface area (Å²) in [6, 6.07) is 16.4. The van der Waals surface area contributed by atoms with Crippen molar-refractivity contribution in [2.24, 2.45) is 0 Å². The molecule has 0 bridgehead atoms. The molecule has 3 aromatic rings. The van der Waals surface area contributed by atoms with E-state index in [2.05, 4.69) is 5.32 Å². The van der Waals surface area contributed by atoms with Crippen LogP contribution in [0.1, 0.15) is 10.4 Å². The Kier molecular flexibility index (Phi) is 3.80. The fourth-order valence-electron chi connectivity index (χ4n) is 2.09. The summed E-state index contributed by atoms with van der Waals surface area (Å²) in [5.74, 6) is -0.213. The van der Waals surface area contributed by atoms with E-state index in [-0.39, 0.29) is 5.91 Å². The Bertz CT molecular complexity index is 795. The molecule has 2 aromatic carbocycles. The van der Waals surface area contributed by atoms with Crippen molar-refractivity contribution in [2.75, 3.05) is 16.8 Å². The van der Waals surface area contributed by atoms with Crippen LogP contribution in [0.25, 0.3) is 10.4 Å². The maximum Gasteiger partial charge on any atom is 0.255 e. The fourth-order valence-corrected chi connectivity index (χ4v) is 2.81. The van der Waals surface area contributed by atoms with E-state index < -0.39 is 0 Å². The third-order valence-corrected chi connectivity index (χ3v) is 4.20. The first kappa shape index (κ1) is 14.2. The molecule has 0 spiro atoms. The molecule has 0 atom stereocenters. The number of thiophene rings is 1. The Hall–Kier alpha value is -2.79. The van der Waals surface area contributed by atoms with E-state index in [4.69, 9.17) is 11.5 Å². The third kappa shape index (κ3) is 2.94. The number of amides is 1. The quantitative estimate of drug-likeness (QED) is 0.643. The van der Waals surface area contributed by atoms with Gasteiger partial charge in [0.1, 0.15) is 0 Å². The lowest BCUT2D eigenvalue weighted by molar-refractivity contribution is 0.102. The van der Waals surface area contributed by atoms with Crippen molar-refractivity contribution in [2.45, 2.75) is 0 Å². The number of nitrogens with one attached hydrogen (secondary N) is 1. The van der Waals surface area contributed by atoms with Gasteiger partial charge in [0.25, 0.3) is 5.91 Å². The Labute approximate surface area is 132 Å². The lowest BCUT2D eigenvalue weighted by Gasteiger charge is -2.10. The largest absolute Gasteiger partial charge is 0.399 e. The van der Waals surface area contributed by atoms with Crippen LogP contribution in [-0.4, -0.2) is 5.91 Å². The molecule has 0 saturated heterocycles. The van der Waals surface area contributed by atoms with E-state index in [0.29, 0.717) is 22.6 Å². The van der Waals surface area contributed by atoms with Gasteiger partial charge in [-0.1, -0.05) is 12.1 Å². The van der Waals surface area contributed by atoms with Gasteiger partial charge in [0.2, 0.25) is 0 Å². The van der Waals surface area contributed by atoms with Crippen LogP contribution >= 0.6 is 11.3 Å². The third-order valence-electron chi connectivity index (χ3n) is 3.28. The monoisotopic (exact) mass is 309 g/mol. The van der Waals surface area contributed by atoms with Gasteiger partial charge in [-0.25, -0.2) is 0 Å². The van der Waals surface area contributed by atoms with Crippen LogP contribution in [0.4, 0.5) is 17.1 Å². The standard InChI is InChI=1S/C17H15N3OS/c18-13-6-3-11(4-7-13)17(21)20-15-10-12(5-8-14(15)19)16-2-1-9-22-16/h1-10H,18-19H2,(H,20,21). The molecular weight excluding hydrogens is 294 g/mol. The van der Waals surface area contributed by atoms with E-state index in [1.807, 2.05) is 29.6 Å². The highest BCUT2D eigenvalue weighted by molar-refractivity contribution is 7.13. The molecular formula is C17H15N3OS. The number of benzene rings is 2. The number of rotatable bonds is 3. The zero-order valence-corrected chi connectivity index (χ0v) is 12.6. The molecule has 0 aliphatic rings. The van der Waals surface area contributed by atoms with Crippen molar-refractivity contribution in [3.05, 3.63) is 65.5 Å². The van der Waals surface area contributed by atoms with Gasteiger partial charge in [0.15, 0.2) is 0 Å². The van der Waals surface area contributed by atoms with E-state index in [1.165, 1.54) is 0 Å². The van der Waals surface area contributed by atoms with Crippen molar-refractivity contribution in [1.29, 1.82) is 0 Å². The highest BCUT2D eigenvalue weighted by atomic mass is 32.1. The van der Waals surface area contributed by atoms with Crippen LogP contribution in [0.5, 0.6) is 0 Å². The molecule has 0 radical (unpaired) electrons. The van der Waals surface area contributed by atoms with Crippen LogP contribution in [0, 0.1) is 0 Å². The Morgan fingerprint density at radius 1 is 1.00 bits per heavy atom. The van der Waals surface area contributed by atoms with Gasteiger partial charge in [-0.2, -0.15) is 0 Å². The summed E-state index contributed by atoms with van der Waals surface area (Å²) in [6.45, 7) is 0. The summed E-state index contributed by atoms with van der Waals surface area (Å²) in [6.07, 6.45) is 0. The van der Waals surface area contributed by atoms with E-state index in [9.17, 15) is 4.79 Å². The number of hydrogen-bond acceptors (Lipinski definition) is 4.